The first-order valence-electron chi connectivity index (χ1n) is 8.04. The number of anilines is 2. The molecule has 1 saturated carbocycles. The second kappa shape index (κ2) is 6.54. The highest BCUT2D eigenvalue weighted by Crippen LogP contribution is 2.37. The fraction of sp³-hybridized carbons (Fsp3) is 0.706. The maximum atomic E-state index is 5.95. The molecule has 118 valence electrons. The van der Waals surface area contributed by atoms with Crippen molar-refractivity contribution in [2.24, 2.45) is 11.3 Å². The van der Waals surface area contributed by atoms with Gasteiger partial charge in [0.2, 0.25) is 5.88 Å². The van der Waals surface area contributed by atoms with Crippen LogP contribution in [0.5, 0.6) is 5.88 Å². The fourth-order valence-corrected chi connectivity index (χ4v) is 2.83. The predicted octanol–water partition coefficient (Wildman–Crippen LogP) is 4.08. The van der Waals surface area contributed by atoms with E-state index in [2.05, 4.69) is 38.0 Å². The Balaban J connectivity index is 2.07. The third-order valence-corrected chi connectivity index (χ3v) is 4.27. The van der Waals surface area contributed by atoms with Crippen molar-refractivity contribution >= 4 is 11.5 Å². The minimum absolute atomic E-state index is 0.306. The summed E-state index contributed by atoms with van der Waals surface area (Å²) in [6, 6.07) is 4.28. The van der Waals surface area contributed by atoms with Crippen molar-refractivity contribution < 1.29 is 4.74 Å². The van der Waals surface area contributed by atoms with Crippen molar-refractivity contribution in [3.8, 4) is 5.88 Å². The number of hydrogen-bond donors (Lipinski definition) is 2. The van der Waals surface area contributed by atoms with E-state index in [1.807, 2.05) is 12.1 Å². The van der Waals surface area contributed by atoms with E-state index in [1.54, 1.807) is 0 Å². The lowest BCUT2D eigenvalue weighted by molar-refractivity contribution is 0.216. The molecule has 0 saturated heterocycles. The van der Waals surface area contributed by atoms with Crippen LogP contribution in [-0.2, 0) is 0 Å². The van der Waals surface area contributed by atoms with Crippen molar-refractivity contribution in [1.29, 1.82) is 0 Å². The number of rotatable bonds is 5. The SMILES string of the molecule is CC(C)COc1nc(NC2CCCCC2(C)C)ccc1N. The van der Waals surface area contributed by atoms with Crippen LogP contribution in [0, 0.1) is 11.3 Å². The Kier molecular flexibility index (Phi) is 4.96. The van der Waals surface area contributed by atoms with Gasteiger partial charge in [0.05, 0.1) is 12.3 Å². The van der Waals surface area contributed by atoms with Crippen LogP contribution in [0.25, 0.3) is 0 Å². The zero-order valence-electron chi connectivity index (χ0n) is 13.8. The number of nitrogens with zero attached hydrogens (tertiary/aromatic N) is 1. The Hall–Kier alpha value is -1.45. The molecule has 2 rings (SSSR count). The number of nitrogens with one attached hydrogen (secondary N) is 1. The van der Waals surface area contributed by atoms with Crippen LogP contribution in [-0.4, -0.2) is 17.6 Å². The molecular formula is C17H29N3O. The molecule has 0 spiro atoms. The van der Waals surface area contributed by atoms with Crippen LogP contribution in [0.3, 0.4) is 0 Å². The number of nitrogens with two attached hydrogens (primary N) is 1. The lowest BCUT2D eigenvalue weighted by atomic mass is 9.73. The van der Waals surface area contributed by atoms with Gasteiger partial charge in [-0.3, -0.25) is 0 Å². The summed E-state index contributed by atoms with van der Waals surface area (Å²) in [6.45, 7) is 9.52. The van der Waals surface area contributed by atoms with Crippen molar-refractivity contribution in [3.05, 3.63) is 12.1 Å². The van der Waals surface area contributed by atoms with Crippen molar-refractivity contribution in [3.63, 3.8) is 0 Å². The topological polar surface area (TPSA) is 60.2 Å². The summed E-state index contributed by atoms with van der Waals surface area (Å²) in [6.07, 6.45) is 5.06. The molecule has 0 aliphatic heterocycles. The highest BCUT2D eigenvalue weighted by atomic mass is 16.5. The van der Waals surface area contributed by atoms with Crippen LogP contribution < -0.4 is 15.8 Å². The Morgan fingerprint density at radius 3 is 2.81 bits per heavy atom. The molecule has 1 atom stereocenters. The summed E-state index contributed by atoms with van der Waals surface area (Å²) in [5, 5.41) is 3.58. The van der Waals surface area contributed by atoms with Gasteiger partial charge in [0.25, 0.3) is 0 Å². The quantitative estimate of drug-likeness (QED) is 0.858. The van der Waals surface area contributed by atoms with E-state index in [0.717, 1.165) is 5.82 Å². The van der Waals surface area contributed by atoms with E-state index in [1.165, 1.54) is 25.7 Å². The molecule has 1 heterocycles. The first kappa shape index (κ1) is 15.9. The van der Waals surface area contributed by atoms with Crippen molar-refractivity contribution in [2.45, 2.75) is 59.4 Å². The average molecular weight is 291 g/mol. The highest BCUT2D eigenvalue weighted by Gasteiger charge is 2.32. The van der Waals surface area contributed by atoms with Crippen LogP contribution in [0.4, 0.5) is 11.5 Å². The van der Waals surface area contributed by atoms with E-state index in [-0.39, 0.29) is 0 Å². The third-order valence-electron chi connectivity index (χ3n) is 4.27. The summed E-state index contributed by atoms with van der Waals surface area (Å²) < 4.78 is 5.70. The Labute approximate surface area is 128 Å². The molecule has 0 bridgehead atoms. The molecule has 1 aliphatic rings. The summed E-state index contributed by atoms with van der Waals surface area (Å²) >= 11 is 0. The zero-order chi connectivity index (χ0) is 15.5. The molecule has 3 N–H and O–H groups in total. The summed E-state index contributed by atoms with van der Waals surface area (Å²) in [5.41, 5.74) is 6.85. The molecule has 0 radical (unpaired) electrons. The fourth-order valence-electron chi connectivity index (χ4n) is 2.83. The Morgan fingerprint density at radius 1 is 1.38 bits per heavy atom. The molecule has 4 nitrogen and oxygen atoms in total. The first-order chi connectivity index (χ1) is 9.88. The normalized spacial score (nSPS) is 21.3. The molecule has 1 fully saturated rings. The molecule has 0 aromatic carbocycles. The van der Waals surface area contributed by atoms with Crippen molar-refractivity contribution in [2.75, 3.05) is 17.7 Å². The predicted molar refractivity (Wildman–Crippen MR) is 88.6 cm³/mol. The van der Waals surface area contributed by atoms with Gasteiger partial charge in [-0.15, -0.1) is 0 Å². The van der Waals surface area contributed by atoms with Gasteiger partial charge in [0.1, 0.15) is 5.82 Å². The summed E-state index contributed by atoms with van der Waals surface area (Å²) in [7, 11) is 0. The van der Waals surface area contributed by atoms with E-state index >= 15 is 0 Å². The van der Waals surface area contributed by atoms with Gasteiger partial charge < -0.3 is 15.8 Å². The second-order valence-electron chi connectivity index (χ2n) is 7.23. The smallest absolute Gasteiger partial charge is 0.239 e. The second-order valence-corrected chi connectivity index (χ2v) is 7.23. The maximum Gasteiger partial charge on any atom is 0.239 e. The minimum atomic E-state index is 0.306. The molecular weight excluding hydrogens is 262 g/mol. The number of ether oxygens (including phenoxy) is 1. The number of aromatic nitrogens is 1. The first-order valence-corrected chi connectivity index (χ1v) is 8.04. The van der Waals surface area contributed by atoms with Crippen LogP contribution in [0.15, 0.2) is 12.1 Å². The van der Waals surface area contributed by atoms with Gasteiger partial charge in [0.15, 0.2) is 0 Å². The lowest BCUT2D eigenvalue weighted by Gasteiger charge is -2.39. The molecule has 1 aromatic heterocycles. The summed E-state index contributed by atoms with van der Waals surface area (Å²) in [5.74, 6) is 1.87. The average Bonchev–Trinajstić information content (AvgIpc) is 2.41. The van der Waals surface area contributed by atoms with Gasteiger partial charge in [0, 0.05) is 6.04 Å². The molecule has 4 heteroatoms. The van der Waals surface area contributed by atoms with E-state index in [0.29, 0.717) is 35.5 Å². The zero-order valence-corrected chi connectivity index (χ0v) is 13.8. The van der Waals surface area contributed by atoms with E-state index in [4.69, 9.17) is 10.5 Å². The van der Waals surface area contributed by atoms with Gasteiger partial charge in [-0.1, -0.05) is 40.5 Å². The Bertz CT molecular complexity index is 471. The molecule has 1 aliphatic carbocycles. The van der Waals surface area contributed by atoms with Gasteiger partial charge in [-0.2, -0.15) is 4.98 Å². The van der Waals surface area contributed by atoms with E-state index in [9.17, 15) is 0 Å². The number of hydrogen-bond acceptors (Lipinski definition) is 4. The minimum Gasteiger partial charge on any atom is -0.476 e. The number of nitrogen functional groups attached to an aromatic ring is 1. The lowest BCUT2D eigenvalue weighted by Crippen LogP contribution is -2.39. The molecule has 21 heavy (non-hydrogen) atoms. The Morgan fingerprint density at radius 2 is 2.14 bits per heavy atom. The largest absolute Gasteiger partial charge is 0.476 e. The monoisotopic (exact) mass is 291 g/mol. The standard InChI is InChI=1S/C17H29N3O/c1-12(2)11-21-16-13(18)8-9-15(20-16)19-14-7-5-6-10-17(14,3)4/h8-9,12,14H,5-7,10-11,18H2,1-4H3,(H,19,20). The van der Waals surface area contributed by atoms with Gasteiger partial charge in [-0.05, 0) is 36.3 Å². The summed E-state index contributed by atoms with van der Waals surface area (Å²) in [4.78, 5) is 4.55. The molecule has 1 unspecified atom stereocenters. The van der Waals surface area contributed by atoms with E-state index < -0.39 is 0 Å². The van der Waals surface area contributed by atoms with Gasteiger partial charge in [-0.25, -0.2) is 0 Å². The molecule has 1 aromatic rings. The highest BCUT2D eigenvalue weighted by molar-refractivity contribution is 5.54. The third kappa shape index (κ3) is 4.26. The van der Waals surface area contributed by atoms with Crippen LogP contribution >= 0.6 is 0 Å². The van der Waals surface area contributed by atoms with Crippen LogP contribution in [0.1, 0.15) is 53.4 Å². The maximum absolute atomic E-state index is 5.95. The van der Waals surface area contributed by atoms with Gasteiger partial charge >= 0.3 is 0 Å². The molecule has 0 amide bonds. The number of pyridine rings is 1. The van der Waals surface area contributed by atoms with Crippen molar-refractivity contribution in [1.82, 2.24) is 4.98 Å². The van der Waals surface area contributed by atoms with Crippen LogP contribution in [0.2, 0.25) is 0 Å².